The van der Waals surface area contributed by atoms with Crippen molar-refractivity contribution in [3.63, 3.8) is 0 Å². The Morgan fingerprint density at radius 3 is 2.50 bits per heavy atom. The molecule has 154 valence electrons. The molecule has 30 heavy (non-hydrogen) atoms. The van der Waals surface area contributed by atoms with Crippen LogP contribution >= 0.6 is 24.0 Å². The standard InChI is InChI=1S/C19H15N3O6S2/c1-27-14-7-8-15(28-2)12(9-14)10-16-18(24)21(19(29)30-16)20-17(23)11-3-5-13(6-4-11)22(25)26/h3-10H,1-2H3,(H,20,23)/b16-10+. The molecule has 0 radical (unpaired) electrons. The molecule has 1 aliphatic heterocycles. The van der Waals surface area contributed by atoms with E-state index in [1.54, 1.807) is 24.3 Å². The van der Waals surface area contributed by atoms with E-state index >= 15 is 0 Å². The number of non-ortho nitro benzene ring substituents is 1. The first-order chi connectivity index (χ1) is 14.3. The number of rotatable bonds is 6. The van der Waals surface area contributed by atoms with Gasteiger partial charge in [0.15, 0.2) is 4.32 Å². The van der Waals surface area contributed by atoms with Crippen LogP contribution in [0.3, 0.4) is 0 Å². The molecular formula is C19H15N3O6S2. The van der Waals surface area contributed by atoms with E-state index in [1.165, 1.54) is 38.5 Å². The maximum absolute atomic E-state index is 12.8. The van der Waals surface area contributed by atoms with Gasteiger partial charge in [0.1, 0.15) is 11.5 Å². The molecule has 0 atom stereocenters. The highest BCUT2D eigenvalue weighted by Crippen LogP contribution is 2.34. The Kier molecular flexibility index (Phi) is 6.33. The molecular weight excluding hydrogens is 430 g/mol. The molecule has 1 aliphatic rings. The summed E-state index contributed by atoms with van der Waals surface area (Å²) in [7, 11) is 3.04. The predicted octanol–water partition coefficient (Wildman–Crippen LogP) is 3.16. The van der Waals surface area contributed by atoms with Crippen LogP contribution in [0.25, 0.3) is 6.08 Å². The van der Waals surface area contributed by atoms with Crippen LogP contribution in [0.1, 0.15) is 15.9 Å². The van der Waals surface area contributed by atoms with Gasteiger partial charge < -0.3 is 9.47 Å². The van der Waals surface area contributed by atoms with Gasteiger partial charge in [0.25, 0.3) is 17.5 Å². The molecule has 11 heteroatoms. The van der Waals surface area contributed by atoms with E-state index in [2.05, 4.69) is 5.43 Å². The van der Waals surface area contributed by atoms with E-state index in [0.717, 1.165) is 16.8 Å². The maximum atomic E-state index is 12.8. The van der Waals surface area contributed by atoms with Crippen LogP contribution in [0, 0.1) is 10.1 Å². The number of benzene rings is 2. The number of hydrogen-bond acceptors (Lipinski definition) is 8. The molecule has 0 unspecified atom stereocenters. The van der Waals surface area contributed by atoms with E-state index < -0.39 is 16.7 Å². The van der Waals surface area contributed by atoms with Gasteiger partial charge in [-0.3, -0.25) is 25.1 Å². The Bertz CT molecular complexity index is 1070. The summed E-state index contributed by atoms with van der Waals surface area (Å²) in [6.07, 6.45) is 1.60. The van der Waals surface area contributed by atoms with Crippen LogP contribution in [0.15, 0.2) is 47.4 Å². The van der Waals surface area contributed by atoms with Crippen LogP contribution in [0.4, 0.5) is 5.69 Å². The highest BCUT2D eigenvalue weighted by atomic mass is 32.2. The number of thioether (sulfide) groups is 1. The Hall–Kier alpha value is -3.44. The van der Waals surface area contributed by atoms with Crippen molar-refractivity contribution in [2.45, 2.75) is 0 Å². The molecule has 0 spiro atoms. The molecule has 2 amide bonds. The van der Waals surface area contributed by atoms with Crippen molar-refractivity contribution in [3.8, 4) is 11.5 Å². The molecule has 1 saturated heterocycles. The molecule has 0 aromatic heterocycles. The molecule has 0 aliphatic carbocycles. The molecule has 9 nitrogen and oxygen atoms in total. The lowest BCUT2D eigenvalue weighted by Gasteiger charge is -2.15. The third-order valence-electron chi connectivity index (χ3n) is 4.07. The van der Waals surface area contributed by atoms with Gasteiger partial charge in [-0.1, -0.05) is 11.8 Å². The Morgan fingerprint density at radius 1 is 1.20 bits per heavy atom. The number of hydrogen-bond donors (Lipinski definition) is 1. The Balaban J connectivity index is 1.80. The highest BCUT2D eigenvalue weighted by molar-refractivity contribution is 8.26. The van der Waals surface area contributed by atoms with E-state index in [-0.39, 0.29) is 20.5 Å². The number of carbonyl (C=O) groups excluding carboxylic acids is 2. The molecule has 1 fully saturated rings. The van der Waals surface area contributed by atoms with E-state index in [4.69, 9.17) is 21.7 Å². The first kappa shape index (κ1) is 21.3. The van der Waals surface area contributed by atoms with E-state index in [0.29, 0.717) is 17.1 Å². The second-order valence-corrected chi connectivity index (χ2v) is 7.55. The number of nitrogens with zero attached hydrogens (tertiary/aromatic N) is 2. The van der Waals surface area contributed by atoms with Crippen molar-refractivity contribution in [1.29, 1.82) is 0 Å². The Labute approximate surface area is 180 Å². The monoisotopic (exact) mass is 445 g/mol. The minimum Gasteiger partial charge on any atom is -0.497 e. The number of methoxy groups -OCH3 is 2. The summed E-state index contributed by atoms with van der Waals surface area (Å²) in [5.41, 5.74) is 3.04. The minimum atomic E-state index is -0.624. The Morgan fingerprint density at radius 2 is 1.90 bits per heavy atom. The molecule has 2 aromatic carbocycles. The number of thiocarbonyl (C=S) groups is 1. The van der Waals surface area contributed by atoms with Gasteiger partial charge in [0.2, 0.25) is 0 Å². The van der Waals surface area contributed by atoms with E-state index in [1.807, 2.05) is 0 Å². The average molecular weight is 445 g/mol. The lowest BCUT2D eigenvalue weighted by Crippen LogP contribution is -2.44. The fraction of sp³-hybridized carbons (Fsp3) is 0.105. The average Bonchev–Trinajstić information content (AvgIpc) is 3.01. The summed E-state index contributed by atoms with van der Waals surface area (Å²) in [5.74, 6) is -0.00784. The number of ether oxygens (including phenoxy) is 2. The molecule has 2 aromatic rings. The van der Waals surface area contributed by atoms with Gasteiger partial charge in [-0.2, -0.15) is 5.01 Å². The normalized spacial score (nSPS) is 14.7. The minimum absolute atomic E-state index is 0.142. The van der Waals surface area contributed by atoms with Crippen LogP contribution in [0.2, 0.25) is 0 Å². The lowest BCUT2D eigenvalue weighted by atomic mass is 10.1. The fourth-order valence-electron chi connectivity index (χ4n) is 2.56. The van der Waals surface area contributed by atoms with Crippen molar-refractivity contribution in [1.82, 2.24) is 10.4 Å². The van der Waals surface area contributed by atoms with Gasteiger partial charge in [-0.05, 0) is 48.6 Å². The van der Waals surface area contributed by atoms with Crippen LogP contribution in [0.5, 0.6) is 11.5 Å². The fourth-order valence-corrected chi connectivity index (χ4v) is 3.73. The van der Waals surface area contributed by atoms with Gasteiger partial charge in [0.05, 0.1) is 24.0 Å². The van der Waals surface area contributed by atoms with Crippen molar-refractivity contribution >= 4 is 51.9 Å². The first-order valence-corrected chi connectivity index (χ1v) is 9.62. The maximum Gasteiger partial charge on any atom is 0.285 e. The third kappa shape index (κ3) is 4.42. The van der Waals surface area contributed by atoms with Crippen molar-refractivity contribution in [2.75, 3.05) is 14.2 Å². The van der Waals surface area contributed by atoms with Crippen molar-refractivity contribution in [2.24, 2.45) is 0 Å². The quantitative estimate of drug-likeness (QED) is 0.312. The van der Waals surface area contributed by atoms with Crippen LogP contribution in [-0.4, -0.2) is 40.3 Å². The summed E-state index contributed by atoms with van der Waals surface area (Å²) < 4.78 is 10.7. The second kappa shape index (κ2) is 8.93. The zero-order valence-electron chi connectivity index (χ0n) is 15.8. The van der Waals surface area contributed by atoms with Gasteiger partial charge in [-0.15, -0.1) is 0 Å². The molecule has 0 saturated carbocycles. The number of nitro benzene ring substituents is 1. The number of nitro groups is 1. The molecule has 3 rings (SSSR count). The van der Waals surface area contributed by atoms with Gasteiger partial charge >= 0.3 is 0 Å². The number of carbonyl (C=O) groups is 2. The molecule has 0 bridgehead atoms. The second-order valence-electron chi connectivity index (χ2n) is 5.87. The lowest BCUT2D eigenvalue weighted by molar-refractivity contribution is -0.384. The van der Waals surface area contributed by atoms with Crippen molar-refractivity contribution in [3.05, 3.63) is 68.6 Å². The van der Waals surface area contributed by atoms with Crippen molar-refractivity contribution < 1.29 is 24.0 Å². The molecule has 1 N–H and O–H groups in total. The smallest absolute Gasteiger partial charge is 0.285 e. The third-order valence-corrected chi connectivity index (χ3v) is 5.37. The number of nitrogens with one attached hydrogen (secondary N) is 1. The summed E-state index contributed by atoms with van der Waals surface area (Å²) in [6, 6.07) is 10.1. The number of amides is 2. The zero-order chi connectivity index (χ0) is 21.8. The SMILES string of the molecule is COc1ccc(OC)c(/C=C2/SC(=S)N(NC(=O)c3ccc([N+](=O)[O-])cc3)C2=O)c1. The topological polar surface area (TPSA) is 111 Å². The first-order valence-electron chi connectivity index (χ1n) is 8.39. The number of hydrazine groups is 1. The van der Waals surface area contributed by atoms with Gasteiger partial charge in [0, 0.05) is 23.3 Å². The summed E-state index contributed by atoms with van der Waals surface area (Å²) >= 11 is 6.23. The highest BCUT2D eigenvalue weighted by Gasteiger charge is 2.34. The van der Waals surface area contributed by atoms with E-state index in [9.17, 15) is 19.7 Å². The van der Waals surface area contributed by atoms with Crippen LogP contribution < -0.4 is 14.9 Å². The summed E-state index contributed by atoms with van der Waals surface area (Å²) in [4.78, 5) is 35.6. The van der Waals surface area contributed by atoms with Crippen LogP contribution in [-0.2, 0) is 4.79 Å². The largest absolute Gasteiger partial charge is 0.497 e. The zero-order valence-corrected chi connectivity index (χ0v) is 17.4. The van der Waals surface area contributed by atoms with Gasteiger partial charge in [-0.25, -0.2) is 0 Å². The molecule has 1 heterocycles. The summed E-state index contributed by atoms with van der Waals surface area (Å²) in [6.45, 7) is 0. The predicted molar refractivity (Wildman–Crippen MR) is 115 cm³/mol. The summed E-state index contributed by atoms with van der Waals surface area (Å²) in [5, 5.41) is 11.7.